The lowest BCUT2D eigenvalue weighted by Gasteiger charge is -2.25. The summed E-state index contributed by atoms with van der Waals surface area (Å²) in [5, 5.41) is 3.59. The van der Waals surface area contributed by atoms with Gasteiger partial charge < -0.3 is 10.2 Å². The topological polar surface area (TPSA) is 58.1 Å². The molecule has 0 aliphatic heterocycles. The lowest BCUT2D eigenvalue weighted by molar-refractivity contribution is -0.118. The van der Waals surface area contributed by atoms with Crippen LogP contribution in [0.25, 0.3) is 0 Å². The van der Waals surface area contributed by atoms with Crippen molar-refractivity contribution in [3.05, 3.63) is 54.4 Å². The van der Waals surface area contributed by atoms with Gasteiger partial charge in [0.05, 0.1) is 11.8 Å². The first-order chi connectivity index (χ1) is 10.7. The van der Waals surface area contributed by atoms with E-state index in [1.54, 1.807) is 18.5 Å². The molecule has 0 saturated heterocycles. The molecule has 0 bridgehead atoms. The SMILES string of the molecule is CN(C)[C@H](CNC(=O)CSc1ncccn1)c1ccccc1. The number of hydrogen-bond acceptors (Lipinski definition) is 5. The van der Waals surface area contributed by atoms with E-state index in [0.29, 0.717) is 17.5 Å². The average Bonchev–Trinajstić information content (AvgIpc) is 2.55. The monoisotopic (exact) mass is 316 g/mol. The lowest BCUT2D eigenvalue weighted by atomic mass is 10.1. The number of nitrogens with zero attached hydrogens (tertiary/aromatic N) is 3. The second kappa shape index (κ2) is 8.51. The number of carbonyl (C=O) groups excluding carboxylic acids is 1. The van der Waals surface area contributed by atoms with E-state index in [2.05, 4.69) is 32.3 Å². The molecule has 1 aromatic heterocycles. The highest BCUT2D eigenvalue weighted by molar-refractivity contribution is 7.99. The number of aromatic nitrogens is 2. The molecule has 0 aliphatic rings. The third-order valence-corrected chi connectivity index (χ3v) is 4.05. The van der Waals surface area contributed by atoms with Crippen LogP contribution in [-0.4, -0.2) is 47.2 Å². The van der Waals surface area contributed by atoms with E-state index < -0.39 is 0 Å². The van der Waals surface area contributed by atoms with E-state index in [0.717, 1.165) is 0 Å². The summed E-state index contributed by atoms with van der Waals surface area (Å²) in [6, 6.07) is 12.1. The van der Waals surface area contributed by atoms with Gasteiger partial charge in [0.15, 0.2) is 5.16 Å². The molecule has 0 spiro atoms. The van der Waals surface area contributed by atoms with Crippen molar-refractivity contribution in [2.45, 2.75) is 11.2 Å². The molecule has 116 valence electrons. The lowest BCUT2D eigenvalue weighted by Crippen LogP contribution is -2.35. The number of nitrogens with one attached hydrogen (secondary N) is 1. The number of rotatable bonds is 7. The van der Waals surface area contributed by atoms with Gasteiger partial charge >= 0.3 is 0 Å². The van der Waals surface area contributed by atoms with Gasteiger partial charge in [-0.3, -0.25) is 4.79 Å². The first-order valence-electron chi connectivity index (χ1n) is 7.04. The summed E-state index contributed by atoms with van der Waals surface area (Å²) < 4.78 is 0. The van der Waals surface area contributed by atoms with Crippen LogP contribution in [0.2, 0.25) is 0 Å². The number of likely N-dealkylation sites (N-methyl/N-ethyl adjacent to an activating group) is 1. The Balaban J connectivity index is 1.83. The van der Waals surface area contributed by atoms with Crippen molar-refractivity contribution in [2.24, 2.45) is 0 Å². The molecule has 0 saturated carbocycles. The molecule has 6 heteroatoms. The molecule has 22 heavy (non-hydrogen) atoms. The predicted molar refractivity (Wildman–Crippen MR) is 88.6 cm³/mol. The maximum atomic E-state index is 12.0. The predicted octanol–water partition coefficient (Wildman–Crippen LogP) is 1.99. The zero-order chi connectivity index (χ0) is 15.8. The van der Waals surface area contributed by atoms with Crippen LogP contribution in [0.15, 0.2) is 53.9 Å². The highest BCUT2D eigenvalue weighted by Gasteiger charge is 2.15. The third kappa shape index (κ3) is 5.13. The molecule has 1 amide bonds. The van der Waals surface area contributed by atoms with Gasteiger partial charge in [-0.05, 0) is 25.7 Å². The fourth-order valence-corrected chi connectivity index (χ4v) is 2.66. The van der Waals surface area contributed by atoms with Crippen LogP contribution >= 0.6 is 11.8 Å². The van der Waals surface area contributed by atoms with Crippen LogP contribution < -0.4 is 5.32 Å². The average molecular weight is 316 g/mol. The van der Waals surface area contributed by atoms with Gasteiger partial charge in [0.1, 0.15) is 0 Å². The van der Waals surface area contributed by atoms with Gasteiger partial charge in [0, 0.05) is 18.9 Å². The van der Waals surface area contributed by atoms with E-state index in [1.165, 1.54) is 17.3 Å². The van der Waals surface area contributed by atoms with Crippen molar-refractivity contribution in [3.8, 4) is 0 Å². The van der Waals surface area contributed by atoms with Crippen LogP contribution in [0, 0.1) is 0 Å². The quantitative estimate of drug-likeness (QED) is 0.625. The van der Waals surface area contributed by atoms with Gasteiger partial charge in [0.25, 0.3) is 0 Å². The van der Waals surface area contributed by atoms with Crippen LogP contribution in [0.4, 0.5) is 0 Å². The Labute approximate surface area is 135 Å². The Kier molecular flexibility index (Phi) is 6.36. The molecule has 0 aliphatic carbocycles. The standard InChI is InChI=1S/C16H20N4OS/c1-20(2)14(13-7-4-3-5-8-13)11-19-15(21)12-22-16-17-9-6-10-18-16/h3-10,14H,11-12H2,1-2H3,(H,19,21)/t14-/m1/s1. The molecular weight excluding hydrogens is 296 g/mol. The summed E-state index contributed by atoms with van der Waals surface area (Å²) >= 11 is 1.34. The number of benzene rings is 1. The minimum absolute atomic E-state index is 0.0137. The zero-order valence-electron chi connectivity index (χ0n) is 12.8. The highest BCUT2D eigenvalue weighted by Crippen LogP contribution is 2.17. The molecule has 1 aromatic carbocycles. The molecule has 2 aromatic rings. The van der Waals surface area contributed by atoms with Crippen LogP contribution in [0.5, 0.6) is 0 Å². The van der Waals surface area contributed by atoms with Gasteiger partial charge in [-0.2, -0.15) is 0 Å². The van der Waals surface area contributed by atoms with Crippen molar-refractivity contribution >= 4 is 17.7 Å². The molecule has 1 atom stereocenters. The summed E-state index contributed by atoms with van der Waals surface area (Å²) in [4.78, 5) is 22.2. The smallest absolute Gasteiger partial charge is 0.230 e. The first-order valence-corrected chi connectivity index (χ1v) is 8.03. The van der Waals surface area contributed by atoms with E-state index in [1.807, 2.05) is 32.3 Å². The molecule has 1 heterocycles. The normalized spacial score (nSPS) is 12.1. The minimum atomic E-state index is -0.0137. The summed E-state index contributed by atoms with van der Waals surface area (Å²) in [5.41, 5.74) is 1.19. The Morgan fingerprint density at radius 3 is 2.50 bits per heavy atom. The summed E-state index contributed by atoms with van der Waals surface area (Å²) in [6.07, 6.45) is 3.34. The third-order valence-electron chi connectivity index (χ3n) is 3.17. The number of hydrogen-bond donors (Lipinski definition) is 1. The van der Waals surface area contributed by atoms with Crippen molar-refractivity contribution in [3.63, 3.8) is 0 Å². The van der Waals surface area contributed by atoms with Gasteiger partial charge in [0.2, 0.25) is 5.91 Å². The number of thioether (sulfide) groups is 1. The van der Waals surface area contributed by atoms with E-state index >= 15 is 0 Å². The molecule has 0 unspecified atom stereocenters. The highest BCUT2D eigenvalue weighted by atomic mass is 32.2. The Hall–Kier alpha value is -1.92. The molecule has 5 nitrogen and oxygen atoms in total. The van der Waals surface area contributed by atoms with Crippen molar-refractivity contribution in [1.29, 1.82) is 0 Å². The largest absolute Gasteiger partial charge is 0.353 e. The molecule has 0 radical (unpaired) electrons. The van der Waals surface area contributed by atoms with Crippen molar-refractivity contribution in [2.75, 3.05) is 26.4 Å². The first kappa shape index (κ1) is 16.5. The summed E-state index contributed by atoms with van der Waals surface area (Å²) in [5.74, 6) is 0.305. The molecule has 2 rings (SSSR count). The van der Waals surface area contributed by atoms with Gasteiger partial charge in [-0.1, -0.05) is 42.1 Å². The second-order valence-electron chi connectivity index (χ2n) is 5.01. The number of carbonyl (C=O) groups is 1. The maximum absolute atomic E-state index is 12.0. The van der Waals surface area contributed by atoms with E-state index in [-0.39, 0.29) is 11.9 Å². The summed E-state index contributed by atoms with van der Waals surface area (Å²) in [7, 11) is 4.02. The zero-order valence-corrected chi connectivity index (χ0v) is 13.6. The molecular formula is C16H20N4OS. The Bertz CT molecular complexity index is 577. The van der Waals surface area contributed by atoms with Gasteiger partial charge in [-0.15, -0.1) is 0 Å². The fraction of sp³-hybridized carbons (Fsp3) is 0.312. The van der Waals surface area contributed by atoms with Gasteiger partial charge in [-0.25, -0.2) is 9.97 Å². The Morgan fingerprint density at radius 2 is 1.86 bits per heavy atom. The van der Waals surface area contributed by atoms with Crippen molar-refractivity contribution < 1.29 is 4.79 Å². The van der Waals surface area contributed by atoms with E-state index in [4.69, 9.17) is 0 Å². The Morgan fingerprint density at radius 1 is 1.18 bits per heavy atom. The molecule has 0 fully saturated rings. The van der Waals surface area contributed by atoms with Crippen LogP contribution in [0.3, 0.4) is 0 Å². The minimum Gasteiger partial charge on any atom is -0.353 e. The number of amides is 1. The second-order valence-corrected chi connectivity index (χ2v) is 5.96. The molecule has 1 N–H and O–H groups in total. The van der Waals surface area contributed by atoms with E-state index in [9.17, 15) is 4.79 Å². The fourth-order valence-electron chi connectivity index (χ4n) is 2.03. The van der Waals surface area contributed by atoms with Crippen LogP contribution in [-0.2, 0) is 4.79 Å². The summed E-state index contributed by atoms with van der Waals surface area (Å²) in [6.45, 7) is 0.575. The van der Waals surface area contributed by atoms with Crippen molar-refractivity contribution in [1.82, 2.24) is 20.2 Å². The van der Waals surface area contributed by atoms with Crippen LogP contribution in [0.1, 0.15) is 11.6 Å². The maximum Gasteiger partial charge on any atom is 0.230 e.